The molecule has 1 fully saturated rings. The average Bonchev–Trinajstić information content (AvgIpc) is 3.21. The van der Waals surface area contributed by atoms with Gasteiger partial charge in [0.15, 0.2) is 0 Å². The Labute approximate surface area is 186 Å². The lowest BCUT2D eigenvalue weighted by molar-refractivity contribution is -0.0386. The van der Waals surface area contributed by atoms with E-state index >= 15 is 0 Å². The van der Waals surface area contributed by atoms with Crippen molar-refractivity contribution in [2.75, 3.05) is 7.11 Å². The summed E-state index contributed by atoms with van der Waals surface area (Å²) in [6.45, 7) is 2.02. The van der Waals surface area contributed by atoms with Crippen molar-refractivity contribution in [3.8, 4) is 22.7 Å². The minimum Gasteiger partial charge on any atom is -0.497 e. The fourth-order valence-corrected chi connectivity index (χ4v) is 4.68. The zero-order chi connectivity index (χ0) is 22.9. The molecule has 0 radical (unpaired) electrons. The Morgan fingerprint density at radius 3 is 2.25 bits per heavy atom. The summed E-state index contributed by atoms with van der Waals surface area (Å²) in [6, 6.07) is 17.5. The van der Waals surface area contributed by atoms with Gasteiger partial charge in [0.25, 0.3) is 0 Å². The van der Waals surface area contributed by atoms with Crippen molar-refractivity contribution < 1.29 is 28.7 Å². The number of phosphoric acid groups is 1. The normalized spacial score (nSPS) is 21.5. The Balaban J connectivity index is 1.69. The van der Waals surface area contributed by atoms with Gasteiger partial charge in [-0.15, -0.1) is 0 Å². The van der Waals surface area contributed by atoms with E-state index in [0.29, 0.717) is 31.4 Å². The number of rotatable bonds is 6. The van der Waals surface area contributed by atoms with Gasteiger partial charge in [0, 0.05) is 5.56 Å². The summed E-state index contributed by atoms with van der Waals surface area (Å²) >= 11 is 0. The summed E-state index contributed by atoms with van der Waals surface area (Å²) in [7, 11) is -2.94. The van der Waals surface area contributed by atoms with Gasteiger partial charge in [-0.2, -0.15) is 5.10 Å². The fourth-order valence-electron chi connectivity index (χ4n) is 4.08. The van der Waals surface area contributed by atoms with Gasteiger partial charge >= 0.3 is 7.82 Å². The highest BCUT2D eigenvalue weighted by Gasteiger charge is 2.39. The van der Waals surface area contributed by atoms with Crippen LogP contribution in [0.15, 0.2) is 54.6 Å². The highest BCUT2D eigenvalue weighted by Crippen LogP contribution is 2.45. The molecule has 1 aromatic heterocycles. The highest BCUT2D eigenvalue weighted by atomic mass is 31.2. The number of phosphoric ester groups is 1. The minimum absolute atomic E-state index is 0.296. The number of hydrogen-bond donors (Lipinski definition) is 3. The van der Waals surface area contributed by atoms with E-state index in [1.165, 1.54) is 0 Å². The second-order valence-electron chi connectivity index (χ2n) is 8.22. The van der Waals surface area contributed by atoms with Crippen LogP contribution < -0.4 is 4.74 Å². The van der Waals surface area contributed by atoms with Crippen molar-refractivity contribution in [2.45, 2.75) is 44.3 Å². The highest BCUT2D eigenvalue weighted by molar-refractivity contribution is 7.46. The van der Waals surface area contributed by atoms with E-state index in [1.54, 1.807) is 11.8 Å². The van der Waals surface area contributed by atoms with Crippen molar-refractivity contribution in [2.24, 2.45) is 0 Å². The minimum atomic E-state index is -4.55. The molecule has 1 aliphatic carbocycles. The van der Waals surface area contributed by atoms with Crippen LogP contribution in [0.25, 0.3) is 16.9 Å². The standard InChI is InChI=1S/C23H27N2O6P/c1-16-3-5-17(6-4-16)21-15-22(24-25(21)18-7-9-19(30-2)10-8-18)23(26)13-11-20(12-14-23)31-32(27,28)29/h3-10,15,20,26H,11-14H2,1-2H3,(H2,27,28,29). The zero-order valence-corrected chi connectivity index (χ0v) is 18.9. The Bertz CT molecular complexity index is 1110. The molecule has 4 rings (SSSR count). The molecule has 1 heterocycles. The van der Waals surface area contributed by atoms with E-state index in [0.717, 1.165) is 28.3 Å². The topological polar surface area (TPSA) is 114 Å². The maximum Gasteiger partial charge on any atom is 0.469 e. The van der Waals surface area contributed by atoms with E-state index in [2.05, 4.69) is 0 Å². The fraction of sp³-hybridized carbons (Fsp3) is 0.348. The molecule has 170 valence electrons. The number of aliphatic hydroxyl groups is 1. The van der Waals surface area contributed by atoms with Crippen LogP contribution in [0.1, 0.15) is 36.9 Å². The maximum absolute atomic E-state index is 11.4. The first kappa shape index (κ1) is 22.7. The Kier molecular flexibility index (Phi) is 6.25. The third-order valence-corrected chi connectivity index (χ3v) is 6.47. The molecular weight excluding hydrogens is 431 g/mol. The molecule has 2 aromatic carbocycles. The van der Waals surface area contributed by atoms with E-state index in [1.807, 2.05) is 61.5 Å². The molecule has 3 N–H and O–H groups in total. The molecule has 0 unspecified atom stereocenters. The number of ether oxygens (including phenoxy) is 1. The van der Waals surface area contributed by atoms with Gasteiger partial charge in [-0.05, 0) is 62.9 Å². The summed E-state index contributed by atoms with van der Waals surface area (Å²) in [5, 5.41) is 16.1. The van der Waals surface area contributed by atoms with E-state index in [-0.39, 0.29) is 0 Å². The quantitative estimate of drug-likeness (QED) is 0.477. The van der Waals surface area contributed by atoms with Crippen LogP contribution in [0.3, 0.4) is 0 Å². The van der Waals surface area contributed by atoms with Crippen molar-refractivity contribution in [1.29, 1.82) is 0 Å². The van der Waals surface area contributed by atoms with E-state index < -0.39 is 19.5 Å². The second kappa shape index (κ2) is 8.81. The molecule has 0 bridgehead atoms. The number of aromatic nitrogens is 2. The van der Waals surface area contributed by atoms with Gasteiger partial charge in [0.2, 0.25) is 0 Å². The molecule has 0 amide bonds. The molecular formula is C23H27N2O6P. The van der Waals surface area contributed by atoms with Crippen molar-refractivity contribution in [3.63, 3.8) is 0 Å². The van der Waals surface area contributed by atoms with Crippen LogP contribution in [0.5, 0.6) is 5.75 Å². The first-order valence-corrected chi connectivity index (χ1v) is 12.0. The van der Waals surface area contributed by atoms with Crippen LogP contribution in [0, 0.1) is 6.92 Å². The monoisotopic (exact) mass is 458 g/mol. The molecule has 8 nitrogen and oxygen atoms in total. The lowest BCUT2D eigenvalue weighted by Gasteiger charge is -2.34. The van der Waals surface area contributed by atoms with Crippen molar-refractivity contribution in [3.05, 3.63) is 65.9 Å². The van der Waals surface area contributed by atoms with Crippen LogP contribution in [-0.2, 0) is 14.7 Å². The summed E-state index contributed by atoms with van der Waals surface area (Å²) < 4.78 is 23.0. The average molecular weight is 458 g/mol. The summed E-state index contributed by atoms with van der Waals surface area (Å²) in [5.41, 5.74) is 3.10. The predicted molar refractivity (Wildman–Crippen MR) is 120 cm³/mol. The summed E-state index contributed by atoms with van der Waals surface area (Å²) in [4.78, 5) is 18.1. The van der Waals surface area contributed by atoms with Gasteiger partial charge in [-0.1, -0.05) is 29.8 Å². The Morgan fingerprint density at radius 2 is 1.69 bits per heavy atom. The van der Waals surface area contributed by atoms with E-state index in [9.17, 15) is 9.67 Å². The largest absolute Gasteiger partial charge is 0.497 e. The van der Waals surface area contributed by atoms with Gasteiger partial charge in [0.05, 0.1) is 30.3 Å². The molecule has 0 atom stereocenters. The predicted octanol–water partition coefficient (Wildman–Crippen LogP) is 4.10. The number of benzene rings is 2. The van der Waals surface area contributed by atoms with Gasteiger partial charge in [-0.25, -0.2) is 9.25 Å². The zero-order valence-electron chi connectivity index (χ0n) is 18.0. The van der Waals surface area contributed by atoms with Crippen LogP contribution in [-0.4, -0.2) is 37.9 Å². The number of aryl methyl sites for hydroxylation is 1. The maximum atomic E-state index is 11.4. The van der Waals surface area contributed by atoms with Crippen LogP contribution in [0.2, 0.25) is 0 Å². The summed E-state index contributed by atoms with van der Waals surface area (Å²) in [5.74, 6) is 0.736. The smallest absolute Gasteiger partial charge is 0.469 e. The molecule has 9 heteroatoms. The second-order valence-corrected chi connectivity index (χ2v) is 9.41. The number of hydrogen-bond acceptors (Lipinski definition) is 5. The molecule has 0 saturated heterocycles. The van der Waals surface area contributed by atoms with Gasteiger partial charge < -0.3 is 19.6 Å². The first-order valence-electron chi connectivity index (χ1n) is 10.5. The van der Waals surface area contributed by atoms with Gasteiger partial charge in [0.1, 0.15) is 11.4 Å². The van der Waals surface area contributed by atoms with Crippen LogP contribution in [0.4, 0.5) is 0 Å². The Hall–Kier alpha value is -2.48. The first-order chi connectivity index (χ1) is 15.2. The molecule has 1 saturated carbocycles. The van der Waals surface area contributed by atoms with Crippen LogP contribution >= 0.6 is 7.82 Å². The lowest BCUT2D eigenvalue weighted by atomic mass is 9.81. The summed E-state index contributed by atoms with van der Waals surface area (Å²) in [6.07, 6.45) is 0.666. The number of methoxy groups -OCH3 is 1. The Morgan fingerprint density at radius 1 is 1.06 bits per heavy atom. The molecule has 0 spiro atoms. The third kappa shape index (κ3) is 4.95. The molecule has 3 aromatic rings. The third-order valence-electron chi connectivity index (χ3n) is 5.90. The van der Waals surface area contributed by atoms with Gasteiger partial charge in [-0.3, -0.25) is 4.52 Å². The molecule has 0 aliphatic heterocycles. The molecule has 1 aliphatic rings. The van der Waals surface area contributed by atoms with Crippen molar-refractivity contribution >= 4 is 7.82 Å². The van der Waals surface area contributed by atoms with E-state index in [4.69, 9.17) is 24.1 Å². The van der Waals surface area contributed by atoms with Crippen molar-refractivity contribution in [1.82, 2.24) is 9.78 Å². The molecule has 32 heavy (non-hydrogen) atoms. The number of nitrogens with zero attached hydrogens (tertiary/aromatic N) is 2. The SMILES string of the molecule is COc1ccc(-n2nc(C3(O)CCC(OP(=O)(O)O)CC3)cc2-c2ccc(C)cc2)cc1. The lowest BCUT2D eigenvalue weighted by Crippen LogP contribution is -2.34.